The van der Waals surface area contributed by atoms with Gasteiger partial charge < -0.3 is 10.5 Å². The maximum Gasteiger partial charge on any atom is 0.213 e. The highest BCUT2D eigenvalue weighted by Crippen LogP contribution is 2.10. The number of nitrogens with zero attached hydrogens (tertiary/aromatic N) is 1. The molecule has 0 unspecified atom stereocenters. The number of methoxy groups -OCH3 is 1. The molecular weight excluding hydrogens is 211 g/mol. The Balaban J connectivity index is 0. The van der Waals surface area contributed by atoms with E-state index in [4.69, 9.17) is 10.5 Å². The number of nitrogens with two attached hydrogens (primary N) is 1. The third-order valence-corrected chi connectivity index (χ3v) is 1.60. The van der Waals surface area contributed by atoms with Gasteiger partial charge in [0.2, 0.25) is 5.88 Å². The van der Waals surface area contributed by atoms with Crippen molar-refractivity contribution >= 4 is 24.8 Å². The number of pyridine rings is 1. The molecule has 0 fully saturated rings. The number of aryl methyl sites for hydroxylation is 1. The van der Waals surface area contributed by atoms with Crippen LogP contribution in [0.15, 0.2) is 12.1 Å². The standard InChI is InChI=1S/C8H12N2O.2ClH/c1-6-7(5-9)3-4-8(10-6)11-2;;/h3-4H,5,9H2,1-2H3;2*1H. The Morgan fingerprint density at radius 1 is 1.38 bits per heavy atom. The lowest BCUT2D eigenvalue weighted by atomic mass is 10.2. The zero-order valence-corrected chi connectivity index (χ0v) is 9.24. The Bertz CT molecular complexity index is 256. The fraction of sp³-hybridized carbons (Fsp3) is 0.375. The summed E-state index contributed by atoms with van der Waals surface area (Å²) < 4.78 is 4.94. The zero-order valence-electron chi connectivity index (χ0n) is 7.61. The van der Waals surface area contributed by atoms with E-state index < -0.39 is 0 Å². The lowest BCUT2D eigenvalue weighted by Crippen LogP contribution is -2.01. The second-order valence-electron chi connectivity index (χ2n) is 2.30. The van der Waals surface area contributed by atoms with E-state index in [0.29, 0.717) is 12.4 Å². The summed E-state index contributed by atoms with van der Waals surface area (Å²) in [5.74, 6) is 0.639. The first-order valence-electron chi connectivity index (χ1n) is 3.48. The molecule has 1 aromatic heterocycles. The average Bonchev–Trinajstić information content (AvgIpc) is 2.04. The maximum absolute atomic E-state index is 5.46. The van der Waals surface area contributed by atoms with E-state index in [2.05, 4.69) is 4.98 Å². The second kappa shape index (κ2) is 6.95. The van der Waals surface area contributed by atoms with E-state index in [1.807, 2.05) is 19.1 Å². The fourth-order valence-corrected chi connectivity index (χ4v) is 0.896. The molecule has 0 saturated carbocycles. The van der Waals surface area contributed by atoms with Gasteiger partial charge in [-0.2, -0.15) is 0 Å². The SMILES string of the molecule is COc1ccc(CN)c(C)n1.Cl.Cl. The monoisotopic (exact) mass is 224 g/mol. The number of hydrogen-bond acceptors (Lipinski definition) is 3. The number of rotatable bonds is 2. The van der Waals surface area contributed by atoms with Crippen LogP contribution < -0.4 is 10.5 Å². The Kier molecular flexibility index (Phi) is 8.01. The summed E-state index contributed by atoms with van der Waals surface area (Å²) in [5.41, 5.74) is 7.46. The Hall–Kier alpha value is -0.510. The second-order valence-corrected chi connectivity index (χ2v) is 2.30. The molecule has 0 aliphatic heterocycles. The number of ether oxygens (including phenoxy) is 1. The van der Waals surface area contributed by atoms with Crippen molar-refractivity contribution in [1.29, 1.82) is 0 Å². The molecule has 0 saturated heterocycles. The molecule has 1 heterocycles. The topological polar surface area (TPSA) is 48.1 Å². The largest absolute Gasteiger partial charge is 0.481 e. The van der Waals surface area contributed by atoms with Crippen molar-refractivity contribution in [2.45, 2.75) is 13.5 Å². The first-order chi connectivity index (χ1) is 5.27. The van der Waals surface area contributed by atoms with Gasteiger partial charge in [-0.25, -0.2) is 4.98 Å². The van der Waals surface area contributed by atoms with Gasteiger partial charge in [0.1, 0.15) is 0 Å². The molecule has 0 aromatic carbocycles. The Labute approximate surface area is 90.5 Å². The molecule has 0 bridgehead atoms. The van der Waals surface area contributed by atoms with E-state index in [-0.39, 0.29) is 24.8 Å². The van der Waals surface area contributed by atoms with Gasteiger partial charge in [0.15, 0.2) is 0 Å². The van der Waals surface area contributed by atoms with E-state index >= 15 is 0 Å². The van der Waals surface area contributed by atoms with Gasteiger partial charge in [-0.05, 0) is 12.5 Å². The highest BCUT2D eigenvalue weighted by molar-refractivity contribution is 5.85. The summed E-state index contributed by atoms with van der Waals surface area (Å²) in [6.07, 6.45) is 0. The molecule has 0 radical (unpaired) electrons. The van der Waals surface area contributed by atoms with Gasteiger partial charge >= 0.3 is 0 Å². The first-order valence-corrected chi connectivity index (χ1v) is 3.48. The minimum absolute atomic E-state index is 0. The fourth-order valence-electron chi connectivity index (χ4n) is 0.896. The van der Waals surface area contributed by atoms with Crippen LogP contribution >= 0.6 is 24.8 Å². The van der Waals surface area contributed by atoms with Crippen LogP contribution in [-0.2, 0) is 6.54 Å². The van der Waals surface area contributed by atoms with E-state index in [1.54, 1.807) is 7.11 Å². The molecule has 0 amide bonds. The summed E-state index contributed by atoms with van der Waals surface area (Å²) in [6, 6.07) is 3.75. The quantitative estimate of drug-likeness (QED) is 0.833. The van der Waals surface area contributed by atoms with Crippen LogP contribution in [0.5, 0.6) is 5.88 Å². The van der Waals surface area contributed by atoms with Crippen LogP contribution in [-0.4, -0.2) is 12.1 Å². The molecule has 0 aliphatic carbocycles. The van der Waals surface area contributed by atoms with Gasteiger partial charge in [0.05, 0.1) is 7.11 Å². The van der Waals surface area contributed by atoms with Gasteiger partial charge in [-0.15, -0.1) is 24.8 Å². The lowest BCUT2D eigenvalue weighted by molar-refractivity contribution is 0.396. The van der Waals surface area contributed by atoms with Gasteiger partial charge in [-0.3, -0.25) is 0 Å². The number of aromatic nitrogens is 1. The van der Waals surface area contributed by atoms with Crippen molar-refractivity contribution in [1.82, 2.24) is 4.98 Å². The van der Waals surface area contributed by atoms with Crippen LogP contribution in [0.4, 0.5) is 0 Å². The van der Waals surface area contributed by atoms with Crippen LogP contribution in [0.2, 0.25) is 0 Å². The zero-order chi connectivity index (χ0) is 8.27. The highest BCUT2D eigenvalue weighted by atomic mass is 35.5. The van der Waals surface area contributed by atoms with Gasteiger partial charge in [0.25, 0.3) is 0 Å². The van der Waals surface area contributed by atoms with Crippen molar-refractivity contribution in [2.75, 3.05) is 7.11 Å². The summed E-state index contributed by atoms with van der Waals surface area (Å²) >= 11 is 0. The van der Waals surface area contributed by atoms with Crippen LogP contribution in [0, 0.1) is 6.92 Å². The lowest BCUT2D eigenvalue weighted by Gasteiger charge is -2.03. The summed E-state index contributed by atoms with van der Waals surface area (Å²) in [7, 11) is 1.60. The third-order valence-electron chi connectivity index (χ3n) is 1.60. The molecule has 0 atom stereocenters. The van der Waals surface area contributed by atoms with Crippen LogP contribution in [0.1, 0.15) is 11.3 Å². The number of hydrogen-bond donors (Lipinski definition) is 1. The average molecular weight is 225 g/mol. The molecule has 0 aliphatic rings. The number of halogens is 2. The minimum atomic E-state index is 0. The Morgan fingerprint density at radius 2 is 2.00 bits per heavy atom. The molecular formula is C8H14Cl2N2O. The van der Waals surface area contributed by atoms with Crippen LogP contribution in [0.25, 0.3) is 0 Å². The molecule has 13 heavy (non-hydrogen) atoms. The summed E-state index contributed by atoms with van der Waals surface area (Å²) in [6.45, 7) is 2.45. The Morgan fingerprint density at radius 3 is 2.38 bits per heavy atom. The smallest absolute Gasteiger partial charge is 0.213 e. The molecule has 3 nitrogen and oxygen atoms in total. The maximum atomic E-state index is 5.46. The van der Waals surface area contributed by atoms with Gasteiger partial charge in [0, 0.05) is 18.3 Å². The molecule has 2 N–H and O–H groups in total. The molecule has 0 spiro atoms. The molecule has 76 valence electrons. The first kappa shape index (κ1) is 15.0. The van der Waals surface area contributed by atoms with Crippen LogP contribution in [0.3, 0.4) is 0 Å². The highest BCUT2D eigenvalue weighted by Gasteiger charge is 1.98. The van der Waals surface area contributed by atoms with E-state index in [1.165, 1.54) is 0 Å². The normalized spacial score (nSPS) is 8.23. The molecule has 1 aromatic rings. The van der Waals surface area contributed by atoms with Crippen molar-refractivity contribution < 1.29 is 4.74 Å². The minimum Gasteiger partial charge on any atom is -0.481 e. The predicted molar refractivity (Wildman–Crippen MR) is 57.9 cm³/mol. The van der Waals surface area contributed by atoms with Crippen molar-refractivity contribution in [3.63, 3.8) is 0 Å². The van der Waals surface area contributed by atoms with Crippen molar-refractivity contribution in [2.24, 2.45) is 5.73 Å². The summed E-state index contributed by atoms with van der Waals surface area (Å²) in [4.78, 5) is 4.16. The summed E-state index contributed by atoms with van der Waals surface area (Å²) in [5, 5.41) is 0. The van der Waals surface area contributed by atoms with E-state index in [9.17, 15) is 0 Å². The third kappa shape index (κ3) is 3.81. The van der Waals surface area contributed by atoms with Crippen molar-refractivity contribution in [3.8, 4) is 5.88 Å². The predicted octanol–water partition coefficient (Wildman–Crippen LogP) is 1.70. The molecule has 1 rings (SSSR count). The van der Waals surface area contributed by atoms with Crippen molar-refractivity contribution in [3.05, 3.63) is 23.4 Å². The van der Waals surface area contributed by atoms with Gasteiger partial charge in [-0.1, -0.05) is 6.07 Å². The van der Waals surface area contributed by atoms with E-state index in [0.717, 1.165) is 11.3 Å². The molecule has 5 heteroatoms.